The van der Waals surface area contributed by atoms with E-state index in [1.54, 1.807) is 7.11 Å². The minimum atomic E-state index is 0.139. The van der Waals surface area contributed by atoms with Crippen molar-refractivity contribution in [2.75, 3.05) is 18.6 Å². The molecule has 1 aromatic rings. The van der Waals surface area contributed by atoms with E-state index in [2.05, 4.69) is 49.9 Å². The summed E-state index contributed by atoms with van der Waals surface area (Å²) in [5.74, 6) is 1.22. The molecule has 1 aliphatic rings. The molecule has 0 radical (unpaired) electrons. The summed E-state index contributed by atoms with van der Waals surface area (Å²) in [5.41, 5.74) is 3.51. The second-order valence-electron chi connectivity index (χ2n) is 6.47. The highest BCUT2D eigenvalue weighted by molar-refractivity contribution is 5.85. The Kier molecular flexibility index (Phi) is 4.45. The van der Waals surface area contributed by atoms with Gasteiger partial charge in [-0.25, -0.2) is 0 Å². The lowest BCUT2D eigenvalue weighted by molar-refractivity contribution is 0.321. The predicted molar refractivity (Wildman–Crippen MR) is 87.1 cm³/mol. The molecule has 0 saturated carbocycles. The zero-order valence-electron chi connectivity index (χ0n) is 13.7. The maximum Gasteiger partial charge on any atom is 0.129 e. The van der Waals surface area contributed by atoms with E-state index in [1.165, 1.54) is 17.5 Å². The molecule has 1 unspecified atom stereocenters. The molecule has 1 atom stereocenters. The van der Waals surface area contributed by atoms with Crippen molar-refractivity contribution in [2.45, 2.75) is 52.0 Å². The third-order valence-corrected chi connectivity index (χ3v) is 4.38. The Labute approximate surface area is 127 Å². The Morgan fingerprint density at radius 2 is 2.19 bits per heavy atom. The average molecular weight is 290 g/mol. The van der Waals surface area contributed by atoms with Crippen LogP contribution in [0.15, 0.2) is 17.3 Å². The smallest absolute Gasteiger partial charge is 0.129 e. The zero-order valence-corrected chi connectivity index (χ0v) is 13.7. The van der Waals surface area contributed by atoms with Crippen LogP contribution < -0.4 is 9.64 Å². The van der Waals surface area contributed by atoms with Crippen LogP contribution in [-0.4, -0.2) is 30.6 Å². The number of ether oxygens (including phenoxy) is 1. The highest BCUT2D eigenvalue weighted by Gasteiger charge is 2.36. The summed E-state index contributed by atoms with van der Waals surface area (Å²) in [6, 6.07) is 4.18. The van der Waals surface area contributed by atoms with Gasteiger partial charge in [-0.15, -0.1) is 0 Å². The second-order valence-corrected chi connectivity index (χ2v) is 6.47. The van der Waals surface area contributed by atoms with Crippen LogP contribution in [0.5, 0.6) is 5.75 Å². The van der Waals surface area contributed by atoms with Crippen LogP contribution in [0.4, 0.5) is 5.69 Å². The molecule has 0 fully saturated rings. The molecule has 0 aliphatic carbocycles. The van der Waals surface area contributed by atoms with Crippen molar-refractivity contribution >= 4 is 11.9 Å². The monoisotopic (exact) mass is 290 g/mol. The number of hydrogen-bond acceptors (Lipinski definition) is 4. The molecule has 0 spiro atoms. The van der Waals surface area contributed by atoms with Crippen LogP contribution in [-0.2, 0) is 0 Å². The van der Waals surface area contributed by atoms with Gasteiger partial charge in [0, 0.05) is 29.4 Å². The standard InChI is InChI=1S/C17H26N2O2/c1-6-7-19-15-9-16(21-5)13(11-18-20)8-14(15)12(2)10-17(19,3)4/h8-9,11-12,20H,6-7,10H2,1-5H3. The number of oxime groups is 1. The fourth-order valence-electron chi connectivity index (χ4n) is 3.51. The maximum atomic E-state index is 8.83. The van der Waals surface area contributed by atoms with Crippen LogP contribution in [0.3, 0.4) is 0 Å². The van der Waals surface area contributed by atoms with Gasteiger partial charge >= 0.3 is 0 Å². The second kappa shape index (κ2) is 5.96. The minimum Gasteiger partial charge on any atom is -0.496 e. The largest absolute Gasteiger partial charge is 0.496 e. The first-order chi connectivity index (χ1) is 9.94. The SMILES string of the molecule is CCCN1c2cc(OC)c(C=NO)cc2C(C)CC1(C)C. The molecule has 2 rings (SSSR count). The highest BCUT2D eigenvalue weighted by Crippen LogP contribution is 2.45. The molecule has 1 N–H and O–H groups in total. The topological polar surface area (TPSA) is 45.1 Å². The number of nitrogens with zero attached hydrogens (tertiary/aromatic N) is 2. The van der Waals surface area contributed by atoms with Gasteiger partial charge in [-0.1, -0.05) is 19.0 Å². The van der Waals surface area contributed by atoms with E-state index in [0.29, 0.717) is 5.92 Å². The van der Waals surface area contributed by atoms with Gasteiger partial charge in [-0.05, 0) is 44.2 Å². The van der Waals surface area contributed by atoms with E-state index in [9.17, 15) is 0 Å². The van der Waals surface area contributed by atoms with Gasteiger partial charge in [0.1, 0.15) is 5.75 Å². The third-order valence-electron chi connectivity index (χ3n) is 4.38. The Bertz CT molecular complexity index is 538. The maximum absolute atomic E-state index is 8.83. The van der Waals surface area contributed by atoms with E-state index >= 15 is 0 Å². The fraction of sp³-hybridized carbons (Fsp3) is 0.588. The van der Waals surface area contributed by atoms with Gasteiger partial charge in [0.25, 0.3) is 0 Å². The lowest BCUT2D eigenvalue weighted by Gasteiger charge is -2.47. The molecular weight excluding hydrogens is 264 g/mol. The molecule has 0 bridgehead atoms. The summed E-state index contributed by atoms with van der Waals surface area (Å²) in [7, 11) is 1.65. The van der Waals surface area contributed by atoms with Crippen LogP contribution in [0.2, 0.25) is 0 Å². The summed E-state index contributed by atoms with van der Waals surface area (Å²) in [6.45, 7) is 10.1. The van der Waals surface area contributed by atoms with E-state index in [-0.39, 0.29) is 5.54 Å². The van der Waals surface area contributed by atoms with Gasteiger partial charge in [0.05, 0.1) is 13.3 Å². The molecular formula is C17H26N2O2. The van der Waals surface area contributed by atoms with Crippen molar-refractivity contribution in [3.8, 4) is 5.75 Å². The number of rotatable bonds is 4. The van der Waals surface area contributed by atoms with Crippen molar-refractivity contribution < 1.29 is 9.94 Å². The highest BCUT2D eigenvalue weighted by atomic mass is 16.5. The van der Waals surface area contributed by atoms with E-state index < -0.39 is 0 Å². The first kappa shape index (κ1) is 15.7. The molecule has 1 heterocycles. The summed E-state index contributed by atoms with van der Waals surface area (Å²) in [6.07, 6.45) is 3.66. The zero-order chi connectivity index (χ0) is 15.6. The van der Waals surface area contributed by atoms with E-state index in [4.69, 9.17) is 9.94 Å². The van der Waals surface area contributed by atoms with Crippen molar-refractivity contribution in [2.24, 2.45) is 5.16 Å². The first-order valence-corrected chi connectivity index (χ1v) is 7.61. The quantitative estimate of drug-likeness (QED) is 0.518. The normalized spacial score (nSPS) is 20.6. The molecule has 0 saturated heterocycles. The lowest BCUT2D eigenvalue weighted by Crippen LogP contribution is -2.48. The van der Waals surface area contributed by atoms with Gasteiger partial charge in [-0.3, -0.25) is 0 Å². The molecule has 0 amide bonds. The summed E-state index contributed by atoms with van der Waals surface area (Å²) >= 11 is 0. The van der Waals surface area contributed by atoms with Gasteiger partial charge in [-0.2, -0.15) is 0 Å². The number of hydrogen-bond donors (Lipinski definition) is 1. The van der Waals surface area contributed by atoms with E-state index in [1.807, 2.05) is 0 Å². The average Bonchev–Trinajstić information content (AvgIpc) is 2.43. The van der Waals surface area contributed by atoms with Crippen molar-refractivity contribution in [3.63, 3.8) is 0 Å². The van der Waals surface area contributed by atoms with Gasteiger partial charge in [0.15, 0.2) is 0 Å². The predicted octanol–water partition coefficient (Wildman–Crippen LogP) is 4.01. The van der Waals surface area contributed by atoms with E-state index in [0.717, 1.165) is 30.7 Å². The van der Waals surface area contributed by atoms with Crippen molar-refractivity contribution in [1.29, 1.82) is 0 Å². The summed E-state index contributed by atoms with van der Waals surface area (Å²) in [5, 5.41) is 12.0. The van der Waals surface area contributed by atoms with Gasteiger partial charge < -0.3 is 14.8 Å². The molecule has 21 heavy (non-hydrogen) atoms. The molecule has 4 nitrogen and oxygen atoms in total. The number of fused-ring (bicyclic) bond motifs is 1. The number of benzene rings is 1. The molecule has 116 valence electrons. The van der Waals surface area contributed by atoms with Crippen LogP contribution >= 0.6 is 0 Å². The lowest BCUT2D eigenvalue weighted by atomic mass is 9.79. The van der Waals surface area contributed by atoms with Crippen molar-refractivity contribution in [1.82, 2.24) is 0 Å². The fourth-order valence-corrected chi connectivity index (χ4v) is 3.51. The Morgan fingerprint density at radius 1 is 1.48 bits per heavy atom. The third kappa shape index (κ3) is 2.85. The number of methoxy groups -OCH3 is 1. The van der Waals surface area contributed by atoms with Crippen molar-refractivity contribution in [3.05, 3.63) is 23.3 Å². The van der Waals surface area contributed by atoms with Crippen LogP contribution in [0, 0.1) is 0 Å². The first-order valence-electron chi connectivity index (χ1n) is 7.61. The Hall–Kier alpha value is -1.71. The Balaban J connectivity index is 2.60. The summed E-state index contributed by atoms with van der Waals surface area (Å²) < 4.78 is 5.46. The molecule has 4 heteroatoms. The minimum absolute atomic E-state index is 0.139. The Morgan fingerprint density at radius 3 is 2.76 bits per heavy atom. The number of anilines is 1. The molecule has 1 aliphatic heterocycles. The van der Waals surface area contributed by atoms with Crippen LogP contribution in [0.25, 0.3) is 0 Å². The molecule has 1 aromatic carbocycles. The molecule has 0 aromatic heterocycles. The van der Waals surface area contributed by atoms with Gasteiger partial charge in [0.2, 0.25) is 0 Å². The summed E-state index contributed by atoms with van der Waals surface area (Å²) in [4.78, 5) is 2.48. The van der Waals surface area contributed by atoms with Crippen LogP contribution in [0.1, 0.15) is 57.6 Å².